The normalized spacial score (nSPS) is 24.8. The number of benzene rings is 1. The van der Waals surface area contributed by atoms with E-state index in [1.54, 1.807) is 12.1 Å². The molecule has 1 aromatic carbocycles. The Kier molecular flexibility index (Phi) is 1.91. The monoisotopic (exact) mass is 201 g/mol. The highest BCUT2D eigenvalue weighted by atomic mass is 31.2. The lowest BCUT2D eigenvalue weighted by Gasteiger charge is -2.16. The Hall–Kier alpha value is -0.830. The molecule has 0 aromatic heterocycles. The van der Waals surface area contributed by atoms with Crippen LogP contribution in [0.2, 0.25) is 0 Å². The summed E-state index contributed by atoms with van der Waals surface area (Å²) in [6, 6.07) is 5.43. The number of rotatable bonds is 1. The summed E-state index contributed by atoms with van der Waals surface area (Å²) in [6.45, 7) is 1.94. The summed E-state index contributed by atoms with van der Waals surface area (Å²) in [6.07, 6.45) is 0. The third kappa shape index (κ3) is 1.48. The fraction of sp³-hybridized carbons (Fsp3) is 0.250. The predicted molar refractivity (Wildman–Crippen MR) is 48.6 cm³/mol. The van der Waals surface area contributed by atoms with Gasteiger partial charge < -0.3 is 9.05 Å². The van der Waals surface area contributed by atoms with Crippen molar-refractivity contribution in [3.05, 3.63) is 23.8 Å². The number of hydrogen-bond acceptors (Lipinski definition) is 4. The van der Waals surface area contributed by atoms with Gasteiger partial charge >= 0.3 is 8.17 Å². The first-order valence-corrected chi connectivity index (χ1v) is 5.30. The SMILES string of the molecule is CO[P]1(O)Oc2ccc(C)cc2O1. The highest BCUT2D eigenvalue weighted by Gasteiger charge is 2.40. The quantitative estimate of drug-likeness (QED) is 0.706. The van der Waals surface area contributed by atoms with Crippen LogP contribution in [0.15, 0.2) is 18.2 Å². The number of aryl methyl sites for hydroxylation is 1. The van der Waals surface area contributed by atoms with E-state index < -0.39 is 8.17 Å². The van der Waals surface area contributed by atoms with Crippen molar-refractivity contribution in [2.75, 3.05) is 7.11 Å². The van der Waals surface area contributed by atoms with Crippen molar-refractivity contribution in [2.24, 2.45) is 0 Å². The van der Waals surface area contributed by atoms with Crippen molar-refractivity contribution in [3.8, 4) is 11.5 Å². The summed E-state index contributed by atoms with van der Waals surface area (Å²) in [5.74, 6) is 1.07. The van der Waals surface area contributed by atoms with Gasteiger partial charge in [-0.2, -0.15) is 0 Å². The van der Waals surface area contributed by atoms with Crippen molar-refractivity contribution in [3.63, 3.8) is 0 Å². The van der Waals surface area contributed by atoms with Crippen LogP contribution in [0.3, 0.4) is 0 Å². The summed E-state index contributed by atoms with van der Waals surface area (Å²) in [5.41, 5.74) is 1.05. The second-order valence-corrected chi connectivity index (χ2v) is 4.45. The third-order valence-electron chi connectivity index (χ3n) is 1.76. The molecule has 5 heteroatoms. The van der Waals surface area contributed by atoms with E-state index in [2.05, 4.69) is 0 Å². The lowest BCUT2D eigenvalue weighted by atomic mass is 10.2. The van der Waals surface area contributed by atoms with Gasteiger partial charge in [-0.15, -0.1) is 0 Å². The van der Waals surface area contributed by atoms with Crippen LogP contribution in [-0.2, 0) is 4.52 Å². The van der Waals surface area contributed by atoms with Gasteiger partial charge in [0.05, 0.1) is 0 Å². The minimum atomic E-state index is -3.10. The van der Waals surface area contributed by atoms with Crippen molar-refractivity contribution >= 4 is 8.17 Å². The van der Waals surface area contributed by atoms with E-state index in [-0.39, 0.29) is 0 Å². The van der Waals surface area contributed by atoms with E-state index >= 15 is 0 Å². The zero-order chi connectivity index (χ0) is 9.47. The van der Waals surface area contributed by atoms with Gasteiger partial charge in [0.25, 0.3) is 0 Å². The molecule has 0 fully saturated rings. The molecule has 0 aliphatic carbocycles. The first kappa shape index (κ1) is 8.75. The Morgan fingerprint density at radius 2 is 2.00 bits per heavy atom. The molecule has 0 spiro atoms. The van der Waals surface area contributed by atoms with Gasteiger partial charge in [0.1, 0.15) is 0 Å². The summed E-state index contributed by atoms with van der Waals surface area (Å²) in [7, 11) is -1.75. The standard InChI is InChI=1S/C8H10O4P/c1-6-3-4-7-8(5-6)12-13(9,10-2)11-7/h3-5,9H,1-2H3. The second-order valence-electron chi connectivity index (χ2n) is 2.78. The average Bonchev–Trinajstić information content (AvgIpc) is 2.42. The van der Waals surface area contributed by atoms with Crippen LogP contribution in [0, 0.1) is 6.92 Å². The largest absolute Gasteiger partial charge is 0.491 e. The van der Waals surface area contributed by atoms with Gasteiger partial charge in [0, 0.05) is 7.11 Å². The van der Waals surface area contributed by atoms with E-state index in [0.717, 1.165) is 5.56 Å². The fourth-order valence-corrected chi connectivity index (χ4v) is 2.08. The Morgan fingerprint density at radius 3 is 2.69 bits per heavy atom. The molecule has 1 N–H and O–H groups in total. The van der Waals surface area contributed by atoms with Crippen molar-refractivity contribution in [1.29, 1.82) is 0 Å². The Labute approximate surface area is 76.7 Å². The van der Waals surface area contributed by atoms with Gasteiger partial charge in [0.2, 0.25) is 0 Å². The maximum atomic E-state index is 9.56. The maximum Gasteiger partial charge on any atom is 0.491 e. The van der Waals surface area contributed by atoms with E-state index in [1.165, 1.54) is 7.11 Å². The summed E-state index contributed by atoms with van der Waals surface area (Å²) in [5, 5.41) is 0. The van der Waals surface area contributed by atoms with Gasteiger partial charge in [-0.3, -0.25) is 9.42 Å². The molecule has 1 heterocycles. The van der Waals surface area contributed by atoms with E-state index in [0.29, 0.717) is 11.5 Å². The molecule has 1 unspecified atom stereocenters. The van der Waals surface area contributed by atoms with E-state index in [4.69, 9.17) is 13.6 Å². The lowest BCUT2D eigenvalue weighted by molar-refractivity contribution is 0.234. The Morgan fingerprint density at radius 1 is 1.31 bits per heavy atom. The molecule has 0 saturated carbocycles. The molecular weight excluding hydrogens is 191 g/mol. The van der Waals surface area contributed by atoms with Crippen LogP contribution >= 0.6 is 8.17 Å². The van der Waals surface area contributed by atoms with Gasteiger partial charge in [-0.1, -0.05) is 6.07 Å². The maximum absolute atomic E-state index is 9.56. The van der Waals surface area contributed by atoms with Crippen LogP contribution in [0.5, 0.6) is 11.5 Å². The van der Waals surface area contributed by atoms with Crippen LogP contribution < -0.4 is 9.05 Å². The summed E-state index contributed by atoms with van der Waals surface area (Å²) >= 11 is 0. The van der Waals surface area contributed by atoms with E-state index in [1.807, 2.05) is 13.0 Å². The van der Waals surface area contributed by atoms with Gasteiger partial charge in [-0.05, 0) is 24.6 Å². The average molecular weight is 201 g/mol. The number of hydrogen-bond donors (Lipinski definition) is 1. The molecule has 4 nitrogen and oxygen atoms in total. The van der Waals surface area contributed by atoms with Gasteiger partial charge in [-0.25, -0.2) is 0 Å². The van der Waals surface area contributed by atoms with Crippen LogP contribution in [0.1, 0.15) is 5.56 Å². The highest BCUT2D eigenvalue weighted by molar-refractivity contribution is 7.56. The lowest BCUT2D eigenvalue weighted by Crippen LogP contribution is -2.01. The van der Waals surface area contributed by atoms with E-state index in [9.17, 15) is 4.89 Å². The minimum Gasteiger partial charge on any atom is -0.402 e. The van der Waals surface area contributed by atoms with Crippen LogP contribution in [-0.4, -0.2) is 12.0 Å². The predicted octanol–water partition coefficient (Wildman–Crippen LogP) is 2.08. The molecule has 0 bridgehead atoms. The molecule has 0 amide bonds. The first-order chi connectivity index (χ1) is 6.13. The molecule has 0 saturated heterocycles. The van der Waals surface area contributed by atoms with Crippen molar-refractivity contribution < 1.29 is 18.5 Å². The van der Waals surface area contributed by atoms with Crippen molar-refractivity contribution in [2.45, 2.75) is 6.92 Å². The smallest absolute Gasteiger partial charge is 0.402 e. The molecule has 1 aliphatic rings. The van der Waals surface area contributed by atoms with Crippen molar-refractivity contribution in [1.82, 2.24) is 0 Å². The second kappa shape index (κ2) is 2.84. The first-order valence-electron chi connectivity index (χ1n) is 3.80. The minimum absolute atomic E-state index is 0.531. The molecule has 13 heavy (non-hydrogen) atoms. The number of fused-ring (bicyclic) bond motifs is 1. The highest BCUT2D eigenvalue weighted by Crippen LogP contribution is 2.64. The van der Waals surface area contributed by atoms with Gasteiger partial charge in [0.15, 0.2) is 11.5 Å². The Balaban J connectivity index is 2.35. The Bertz CT molecular complexity index is 341. The molecule has 2 rings (SSSR count). The summed E-state index contributed by atoms with van der Waals surface area (Å²) < 4.78 is 15.0. The zero-order valence-electron chi connectivity index (χ0n) is 7.35. The molecular formula is C8H10O4P. The molecule has 1 aromatic rings. The topological polar surface area (TPSA) is 47.9 Å². The molecule has 1 atom stereocenters. The fourth-order valence-electron chi connectivity index (χ4n) is 1.10. The molecule has 71 valence electrons. The van der Waals surface area contributed by atoms with Crippen LogP contribution in [0.25, 0.3) is 0 Å². The third-order valence-corrected chi connectivity index (χ3v) is 3.07. The zero-order valence-corrected chi connectivity index (χ0v) is 8.25. The molecule has 1 aliphatic heterocycles. The molecule has 1 radical (unpaired) electrons. The summed E-state index contributed by atoms with van der Waals surface area (Å²) in [4.78, 5) is 9.56. The van der Waals surface area contributed by atoms with Crippen LogP contribution in [0.4, 0.5) is 0 Å².